The number of hydrogen-bond acceptors (Lipinski definition) is 5. The Morgan fingerprint density at radius 1 is 1.34 bits per heavy atom. The average Bonchev–Trinajstić information content (AvgIpc) is 3.31. The molecule has 3 heterocycles. The van der Waals surface area contributed by atoms with Crippen LogP contribution in [0.15, 0.2) is 46.8 Å². The van der Waals surface area contributed by atoms with E-state index in [1.807, 2.05) is 30.6 Å². The van der Waals surface area contributed by atoms with Gasteiger partial charge in [-0.1, -0.05) is 11.6 Å². The number of piperidine rings is 1. The largest absolute Gasteiger partial charge is 0.334 e. The first-order valence-electron chi connectivity index (χ1n) is 9.48. The Morgan fingerprint density at radius 2 is 2.14 bits per heavy atom. The molecule has 0 radical (unpaired) electrons. The van der Waals surface area contributed by atoms with E-state index in [4.69, 9.17) is 11.6 Å². The minimum atomic E-state index is -0.109. The zero-order valence-corrected chi connectivity index (χ0v) is 17.6. The number of anilines is 1. The van der Waals surface area contributed by atoms with Gasteiger partial charge in [-0.3, -0.25) is 18.8 Å². The summed E-state index contributed by atoms with van der Waals surface area (Å²) in [6.45, 7) is 3.85. The molecule has 4 rings (SSSR count). The zero-order chi connectivity index (χ0) is 20.4. The smallest absolute Gasteiger partial charge is 0.302 e. The van der Waals surface area contributed by atoms with Crippen molar-refractivity contribution in [3.8, 4) is 5.69 Å². The van der Waals surface area contributed by atoms with Crippen LogP contribution in [0.5, 0.6) is 0 Å². The molecule has 1 aliphatic heterocycles. The Bertz CT molecular complexity index is 1040. The van der Waals surface area contributed by atoms with Crippen LogP contribution in [0.2, 0.25) is 5.02 Å². The van der Waals surface area contributed by atoms with Gasteiger partial charge in [-0.25, -0.2) is 9.78 Å². The third-order valence-electron chi connectivity index (χ3n) is 5.11. The summed E-state index contributed by atoms with van der Waals surface area (Å²) in [5, 5.41) is 5.98. The molecule has 1 amide bonds. The highest BCUT2D eigenvalue weighted by molar-refractivity contribution is 7.13. The molecule has 0 spiro atoms. The molecule has 1 fully saturated rings. The van der Waals surface area contributed by atoms with E-state index in [0.717, 1.165) is 30.8 Å². The van der Waals surface area contributed by atoms with E-state index in [9.17, 15) is 9.59 Å². The van der Waals surface area contributed by atoms with Crippen molar-refractivity contribution >= 4 is 34.0 Å². The molecule has 1 saturated heterocycles. The van der Waals surface area contributed by atoms with Gasteiger partial charge in [0.15, 0.2) is 5.13 Å². The normalized spacial score (nSPS) is 17.4. The Balaban J connectivity index is 1.46. The van der Waals surface area contributed by atoms with Crippen molar-refractivity contribution in [2.75, 3.05) is 18.4 Å². The molecule has 9 heteroatoms. The maximum absolute atomic E-state index is 13.0. The lowest BCUT2D eigenvalue weighted by Crippen LogP contribution is -2.42. The van der Waals surface area contributed by atoms with Crippen molar-refractivity contribution in [1.82, 2.24) is 19.0 Å². The van der Waals surface area contributed by atoms with Crippen molar-refractivity contribution < 1.29 is 4.79 Å². The van der Waals surface area contributed by atoms with Crippen LogP contribution in [0, 0.1) is 12.8 Å². The fraction of sp³-hybridized carbons (Fsp3) is 0.350. The minimum Gasteiger partial charge on any atom is -0.302 e. The fourth-order valence-corrected chi connectivity index (χ4v) is 4.39. The molecule has 1 unspecified atom stereocenters. The predicted octanol–water partition coefficient (Wildman–Crippen LogP) is 3.37. The van der Waals surface area contributed by atoms with Crippen LogP contribution < -0.4 is 11.0 Å². The first-order valence-corrected chi connectivity index (χ1v) is 10.7. The number of aromatic nitrogens is 3. The zero-order valence-electron chi connectivity index (χ0n) is 16.0. The molecule has 0 bridgehead atoms. The van der Waals surface area contributed by atoms with Crippen LogP contribution in [-0.2, 0) is 11.5 Å². The Morgan fingerprint density at radius 3 is 2.86 bits per heavy atom. The molecule has 3 aromatic rings. The highest BCUT2D eigenvalue weighted by Crippen LogP contribution is 2.20. The third kappa shape index (κ3) is 4.44. The van der Waals surface area contributed by atoms with Crippen molar-refractivity contribution in [3.05, 3.63) is 63.2 Å². The summed E-state index contributed by atoms with van der Waals surface area (Å²) in [6.07, 6.45) is 5.29. The van der Waals surface area contributed by atoms with E-state index in [1.165, 1.54) is 11.3 Å². The van der Waals surface area contributed by atoms with E-state index >= 15 is 0 Å². The van der Waals surface area contributed by atoms with Gasteiger partial charge < -0.3 is 5.32 Å². The van der Waals surface area contributed by atoms with Gasteiger partial charge in [0.2, 0.25) is 5.91 Å². The van der Waals surface area contributed by atoms with Gasteiger partial charge >= 0.3 is 5.69 Å². The van der Waals surface area contributed by atoms with Crippen LogP contribution in [0.3, 0.4) is 0 Å². The molecule has 29 heavy (non-hydrogen) atoms. The average molecular weight is 432 g/mol. The van der Waals surface area contributed by atoms with E-state index < -0.39 is 0 Å². The molecule has 0 aliphatic carbocycles. The highest BCUT2D eigenvalue weighted by atomic mass is 35.5. The number of carbonyl (C=O) groups excluding carboxylic acids is 1. The first kappa shape index (κ1) is 19.9. The van der Waals surface area contributed by atoms with Crippen molar-refractivity contribution in [3.63, 3.8) is 0 Å². The lowest BCUT2D eigenvalue weighted by Gasteiger charge is -2.31. The number of halogens is 1. The second-order valence-corrected chi connectivity index (χ2v) is 8.55. The van der Waals surface area contributed by atoms with Gasteiger partial charge in [-0.2, -0.15) is 0 Å². The van der Waals surface area contributed by atoms with Crippen molar-refractivity contribution in [1.29, 1.82) is 0 Å². The van der Waals surface area contributed by atoms with E-state index in [2.05, 4.69) is 15.2 Å². The fourth-order valence-electron chi connectivity index (χ4n) is 3.73. The van der Waals surface area contributed by atoms with Crippen LogP contribution in [0.25, 0.3) is 5.69 Å². The summed E-state index contributed by atoms with van der Waals surface area (Å²) in [5.41, 5.74) is 1.54. The predicted molar refractivity (Wildman–Crippen MR) is 115 cm³/mol. The molecule has 1 N–H and O–H groups in total. The van der Waals surface area contributed by atoms with Crippen LogP contribution in [0.4, 0.5) is 5.13 Å². The number of amides is 1. The molecule has 1 aliphatic rings. The Hall–Kier alpha value is -2.42. The van der Waals surface area contributed by atoms with Gasteiger partial charge in [0.05, 0.1) is 18.3 Å². The minimum absolute atomic E-state index is 0.00749. The van der Waals surface area contributed by atoms with Crippen molar-refractivity contribution in [2.45, 2.75) is 26.4 Å². The summed E-state index contributed by atoms with van der Waals surface area (Å²) >= 11 is 7.37. The molecular weight excluding hydrogens is 410 g/mol. The van der Waals surface area contributed by atoms with Crippen LogP contribution >= 0.6 is 22.9 Å². The summed E-state index contributed by atoms with van der Waals surface area (Å²) in [4.78, 5) is 31.8. The topological polar surface area (TPSA) is 72.2 Å². The molecule has 0 saturated carbocycles. The number of imidazole rings is 1. The third-order valence-corrected chi connectivity index (χ3v) is 6.05. The van der Waals surface area contributed by atoms with Gasteiger partial charge in [0, 0.05) is 35.0 Å². The molecule has 7 nitrogen and oxygen atoms in total. The van der Waals surface area contributed by atoms with Crippen molar-refractivity contribution in [2.24, 2.45) is 5.92 Å². The number of carbonyl (C=O) groups is 1. The summed E-state index contributed by atoms with van der Waals surface area (Å²) in [5.74, 6) is -0.116. The number of hydrogen-bond donors (Lipinski definition) is 1. The Labute approximate surface area is 177 Å². The van der Waals surface area contributed by atoms with E-state index in [-0.39, 0.29) is 17.5 Å². The lowest BCUT2D eigenvalue weighted by molar-refractivity contribution is -0.121. The second-order valence-electron chi connectivity index (χ2n) is 7.22. The molecule has 1 aromatic carbocycles. The standard InChI is InChI=1S/C20H22ClN5O2S/c1-14-11-25(20(28)26(14)17-6-4-16(21)5-7-17)13-24-9-2-3-15(12-24)18(27)23-19-22-8-10-29-19/h4-8,10-11,15H,2-3,9,12-13H2,1H3,(H,22,23,27). The van der Waals surface area contributed by atoms with Gasteiger partial charge in [0.25, 0.3) is 0 Å². The number of likely N-dealkylation sites (tertiary alicyclic amines) is 1. The number of aryl methyl sites for hydroxylation is 1. The SMILES string of the molecule is Cc1cn(CN2CCCC(C(=O)Nc3nccs3)C2)c(=O)n1-c1ccc(Cl)cc1. The van der Waals surface area contributed by atoms with Gasteiger partial charge in [0.1, 0.15) is 0 Å². The first-order chi connectivity index (χ1) is 14.0. The molecule has 152 valence electrons. The molecular formula is C20H22ClN5O2S. The summed E-state index contributed by atoms with van der Waals surface area (Å²) in [6, 6.07) is 7.22. The monoisotopic (exact) mass is 431 g/mol. The number of benzene rings is 1. The number of nitrogens with zero attached hydrogens (tertiary/aromatic N) is 4. The van der Waals surface area contributed by atoms with Crippen LogP contribution in [-0.4, -0.2) is 38.0 Å². The van der Waals surface area contributed by atoms with Gasteiger partial charge in [-0.15, -0.1) is 11.3 Å². The molecule has 1 atom stereocenters. The lowest BCUT2D eigenvalue weighted by atomic mass is 9.97. The molecule has 2 aromatic heterocycles. The van der Waals surface area contributed by atoms with E-state index in [1.54, 1.807) is 27.5 Å². The summed E-state index contributed by atoms with van der Waals surface area (Å²) < 4.78 is 3.37. The number of nitrogens with one attached hydrogen (secondary N) is 1. The maximum Gasteiger partial charge on any atom is 0.334 e. The van der Waals surface area contributed by atoms with Gasteiger partial charge in [-0.05, 0) is 50.6 Å². The maximum atomic E-state index is 13.0. The quantitative estimate of drug-likeness (QED) is 0.672. The number of rotatable bonds is 5. The summed E-state index contributed by atoms with van der Waals surface area (Å²) in [7, 11) is 0. The number of thiazole rings is 1. The highest BCUT2D eigenvalue weighted by Gasteiger charge is 2.27. The van der Waals surface area contributed by atoms with Crippen LogP contribution in [0.1, 0.15) is 18.5 Å². The Kier molecular flexibility index (Phi) is 5.84. The second kappa shape index (κ2) is 8.52. The van der Waals surface area contributed by atoms with E-state index in [0.29, 0.717) is 23.4 Å².